The molecule has 1 fully saturated rings. The van der Waals surface area contributed by atoms with Gasteiger partial charge in [0.2, 0.25) is 0 Å². The zero-order valence-electron chi connectivity index (χ0n) is 13.2. The molecule has 0 unspecified atom stereocenters. The Kier molecular flexibility index (Phi) is 4.80. The Morgan fingerprint density at radius 3 is 2.74 bits per heavy atom. The highest BCUT2D eigenvalue weighted by atomic mass is 16.5. The lowest BCUT2D eigenvalue weighted by molar-refractivity contribution is -0.123. The van der Waals surface area contributed by atoms with Crippen LogP contribution in [0.15, 0.2) is 36.7 Å². The standard InChI is InChI=1S/C17H21N3O3/c1-22-14-4-6-15(7-5-14)23-12-16(21)18-8-10-20-11-9-19-17(20)13-2-3-13/h4-7,9,11,13H,2-3,8,10,12H2,1H3,(H,18,21). The minimum absolute atomic E-state index is 0.00569. The normalized spacial score (nSPS) is 13.6. The van der Waals surface area contributed by atoms with Gasteiger partial charge in [0.05, 0.1) is 7.11 Å². The number of hydrogen-bond acceptors (Lipinski definition) is 4. The number of nitrogens with zero attached hydrogens (tertiary/aromatic N) is 2. The molecular formula is C17H21N3O3. The van der Waals surface area contributed by atoms with E-state index in [0.717, 1.165) is 18.1 Å². The van der Waals surface area contributed by atoms with E-state index in [-0.39, 0.29) is 12.5 Å². The Hall–Kier alpha value is -2.50. The van der Waals surface area contributed by atoms with Gasteiger partial charge in [0.25, 0.3) is 5.91 Å². The van der Waals surface area contributed by atoms with E-state index in [4.69, 9.17) is 9.47 Å². The second-order valence-corrected chi connectivity index (χ2v) is 5.57. The maximum atomic E-state index is 11.8. The zero-order valence-corrected chi connectivity index (χ0v) is 13.2. The molecule has 1 aromatic carbocycles. The number of carbonyl (C=O) groups excluding carboxylic acids is 1. The average Bonchev–Trinajstić information content (AvgIpc) is 3.32. The molecule has 6 heteroatoms. The number of hydrogen-bond donors (Lipinski definition) is 1. The van der Waals surface area contributed by atoms with E-state index in [2.05, 4.69) is 14.9 Å². The molecule has 1 aliphatic carbocycles. The van der Waals surface area contributed by atoms with Gasteiger partial charge in [0.15, 0.2) is 6.61 Å². The topological polar surface area (TPSA) is 65.4 Å². The Bertz CT molecular complexity index is 647. The van der Waals surface area contributed by atoms with Crippen LogP contribution in [0.3, 0.4) is 0 Å². The van der Waals surface area contributed by atoms with Crippen molar-refractivity contribution in [3.05, 3.63) is 42.5 Å². The minimum atomic E-state index is -0.131. The van der Waals surface area contributed by atoms with Crippen LogP contribution < -0.4 is 14.8 Å². The van der Waals surface area contributed by atoms with Crippen molar-refractivity contribution in [1.29, 1.82) is 0 Å². The second-order valence-electron chi connectivity index (χ2n) is 5.57. The van der Waals surface area contributed by atoms with Crippen LogP contribution in [0.1, 0.15) is 24.6 Å². The predicted octanol–water partition coefficient (Wildman–Crippen LogP) is 1.96. The van der Waals surface area contributed by atoms with Crippen molar-refractivity contribution in [1.82, 2.24) is 14.9 Å². The van der Waals surface area contributed by atoms with Gasteiger partial charge in [-0.15, -0.1) is 0 Å². The molecule has 1 amide bonds. The average molecular weight is 315 g/mol. The summed E-state index contributed by atoms with van der Waals surface area (Å²) < 4.78 is 12.6. The van der Waals surface area contributed by atoms with Crippen LogP contribution in [0.5, 0.6) is 11.5 Å². The molecule has 122 valence electrons. The summed E-state index contributed by atoms with van der Waals surface area (Å²) in [7, 11) is 1.61. The van der Waals surface area contributed by atoms with Gasteiger partial charge < -0.3 is 19.4 Å². The number of methoxy groups -OCH3 is 1. The molecule has 0 atom stereocenters. The highest BCUT2D eigenvalue weighted by Crippen LogP contribution is 2.38. The third-order valence-corrected chi connectivity index (χ3v) is 3.79. The number of rotatable bonds is 8. The van der Waals surface area contributed by atoms with Crippen LogP contribution in [0.4, 0.5) is 0 Å². The van der Waals surface area contributed by atoms with Crippen molar-refractivity contribution in [3.63, 3.8) is 0 Å². The van der Waals surface area contributed by atoms with Crippen molar-refractivity contribution >= 4 is 5.91 Å². The van der Waals surface area contributed by atoms with Gasteiger partial charge in [-0.2, -0.15) is 0 Å². The molecule has 1 N–H and O–H groups in total. The monoisotopic (exact) mass is 315 g/mol. The number of aromatic nitrogens is 2. The Labute approximate surface area is 135 Å². The highest BCUT2D eigenvalue weighted by Gasteiger charge is 2.27. The van der Waals surface area contributed by atoms with E-state index in [9.17, 15) is 4.79 Å². The lowest BCUT2D eigenvalue weighted by atomic mass is 10.3. The summed E-state index contributed by atoms with van der Waals surface area (Å²) in [6.45, 7) is 1.31. The van der Waals surface area contributed by atoms with Crippen LogP contribution in [-0.4, -0.2) is 35.7 Å². The molecule has 0 bridgehead atoms. The molecule has 1 aliphatic rings. The van der Waals surface area contributed by atoms with E-state index in [1.165, 1.54) is 12.8 Å². The van der Waals surface area contributed by atoms with Gasteiger partial charge in [0, 0.05) is 31.4 Å². The second kappa shape index (κ2) is 7.17. The number of amides is 1. The number of imidazole rings is 1. The number of nitrogens with one attached hydrogen (secondary N) is 1. The molecule has 1 saturated carbocycles. The molecule has 23 heavy (non-hydrogen) atoms. The largest absolute Gasteiger partial charge is 0.497 e. The van der Waals surface area contributed by atoms with Crippen molar-refractivity contribution in [2.75, 3.05) is 20.3 Å². The highest BCUT2D eigenvalue weighted by molar-refractivity contribution is 5.77. The van der Waals surface area contributed by atoms with Gasteiger partial charge in [-0.25, -0.2) is 4.98 Å². The third-order valence-electron chi connectivity index (χ3n) is 3.79. The molecule has 1 heterocycles. The van der Waals surface area contributed by atoms with Crippen LogP contribution >= 0.6 is 0 Å². The minimum Gasteiger partial charge on any atom is -0.497 e. The van der Waals surface area contributed by atoms with Gasteiger partial charge in [-0.05, 0) is 37.1 Å². The lowest BCUT2D eigenvalue weighted by Crippen LogP contribution is -2.31. The molecule has 0 aliphatic heterocycles. The Morgan fingerprint density at radius 1 is 1.30 bits per heavy atom. The first-order valence-electron chi connectivity index (χ1n) is 7.81. The molecule has 0 radical (unpaired) electrons. The van der Waals surface area contributed by atoms with Gasteiger partial charge in [0.1, 0.15) is 17.3 Å². The smallest absolute Gasteiger partial charge is 0.258 e. The summed E-state index contributed by atoms with van der Waals surface area (Å²) in [5, 5.41) is 2.86. The molecule has 0 spiro atoms. The molecule has 3 rings (SSSR count). The molecule has 0 saturated heterocycles. The maximum absolute atomic E-state index is 11.8. The first kappa shape index (κ1) is 15.4. The van der Waals surface area contributed by atoms with E-state index in [1.807, 2.05) is 12.4 Å². The summed E-state index contributed by atoms with van der Waals surface area (Å²) in [5.74, 6) is 3.02. The molecule has 1 aromatic heterocycles. The SMILES string of the molecule is COc1ccc(OCC(=O)NCCn2ccnc2C2CC2)cc1. The van der Waals surface area contributed by atoms with Crippen LogP contribution in [0.25, 0.3) is 0 Å². The quantitative estimate of drug-likeness (QED) is 0.809. The maximum Gasteiger partial charge on any atom is 0.258 e. The van der Waals surface area contributed by atoms with Gasteiger partial charge in [-0.3, -0.25) is 4.79 Å². The van der Waals surface area contributed by atoms with Gasteiger partial charge >= 0.3 is 0 Å². The molecule has 6 nitrogen and oxygen atoms in total. The van der Waals surface area contributed by atoms with E-state index in [1.54, 1.807) is 31.4 Å². The van der Waals surface area contributed by atoms with Crippen molar-refractivity contribution < 1.29 is 14.3 Å². The summed E-state index contributed by atoms with van der Waals surface area (Å²) >= 11 is 0. The Balaban J connectivity index is 1.38. The zero-order chi connectivity index (χ0) is 16.1. The van der Waals surface area contributed by atoms with Crippen LogP contribution in [0, 0.1) is 0 Å². The summed E-state index contributed by atoms with van der Waals surface area (Å²) in [6, 6.07) is 7.15. The fourth-order valence-electron chi connectivity index (χ4n) is 2.40. The first-order valence-corrected chi connectivity index (χ1v) is 7.81. The van der Waals surface area contributed by atoms with Gasteiger partial charge in [-0.1, -0.05) is 0 Å². The van der Waals surface area contributed by atoms with Crippen molar-refractivity contribution in [3.8, 4) is 11.5 Å². The van der Waals surface area contributed by atoms with Crippen LogP contribution in [-0.2, 0) is 11.3 Å². The van der Waals surface area contributed by atoms with Crippen LogP contribution in [0.2, 0.25) is 0 Å². The van der Waals surface area contributed by atoms with E-state index >= 15 is 0 Å². The van der Waals surface area contributed by atoms with E-state index < -0.39 is 0 Å². The molecule has 2 aromatic rings. The fraction of sp³-hybridized carbons (Fsp3) is 0.412. The third kappa shape index (κ3) is 4.25. The predicted molar refractivity (Wildman–Crippen MR) is 85.7 cm³/mol. The summed E-state index contributed by atoms with van der Waals surface area (Å²) in [4.78, 5) is 16.2. The van der Waals surface area contributed by atoms with Crippen molar-refractivity contribution in [2.45, 2.75) is 25.3 Å². The summed E-state index contributed by atoms with van der Waals surface area (Å²) in [5.41, 5.74) is 0. The lowest BCUT2D eigenvalue weighted by Gasteiger charge is -2.10. The summed E-state index contributed by atoms with van der Waals surface area (Å²) in [6.07, 6.45) is 6.23. The first-order chi connectivity index (χ1) is 11.3. The van der Waals surface area contributed by atoms with Crippen molar-refractivity contribution in [2.24, 2.45) is 0 Å². The fourth-order valence-corrected chi connectivity index (χ4v) is 2.40. The molecular weight excluding hydrogens is 294 g/mol. The Morgan fingerprint density at radius 2 is 2.04 bits per heavy atom. The number of benzene rings is 1. The number of carbonyl (C=O) groups is 1. The number of ether oxygens (including phenoxy) is 2. The van der Waals surface area contributed by atoms with E-state index in [0.29, 0.717) is 18.2 Å².